The Morgan fingerprint density at radius 3 is 2.57 bits per heavy atom. The molecule has 4 aromatic rings. The minimum absolute atomic E-state index is 0.398. The Kier molecular flexibility index (Phi) is 10.9. The van der Waals surface area contributed by atoms with Crippen LogP contribution in [-0.4, -0.2) is 0 Å². The monoisotopic (exact) mass is 648 g/mol. The molecule has 3 aliphatic rings. The van der Waals surface area contributed by atoms with Crippen molar-refractivity contribution in [2.75, 3.05) is 0 Å². The van der Waals surface area contributed by atoms with E-state index in [0.29, 0.717) is 5.92 Å². The Bertz CT molecular complexity index is 2000. The van der Waals surface area contributed by atoms with Crippen molar-refractivity contribution in [3.8, 4) is 0 Å². The molecule has 0 amide bonds. The summed E-state index contributed by atoms with van der Waals surface area (Å²) in [5.74, 6) is 1.45. The molecule has 2 heteroatoms. The van der Waals surface area contributed by atoms with Crippen molar-refractivity contribution in [1.29, 1.82) is 0 Å². The van der Waals surface area contributed by atoms with Gasteiger partial charge in [0.05, 0.1) is 0 Å². The Balaban J connectivity index is 0.000000165. The Labute approximate surface area is 290 Å². The maximum absolute atomic E-state index is 2.31. The van der Waals surface area contributed by atoms with E-state index in [4.69, 9.17) is 0 Å². The van der Waals surface area contributed by atoms with Gasteiger partial charge in [0, 0.05) is 32.6 Å². The van der Waals surface area contributed by atoms with Crippen LogP contribution in [0.1, 0.15) is 66.8 Å². The first-order valence-corrected chi connectivity index (χ1v) is 18.5. The fourth-order valence-corrected chi connectivity index (χ4v) is 8.80. The maximum atomic E-state index is 2.31. The van der Waals surface area contributed by atoms with E-state index in [1.165, 1.54) is 70.0 Å². The quantitative estimate of drug-likeness (QED) is 0.194. The minimum atomic E-state index is 0.398. The molecule has 0 radical (unpaired) electrons. The average molecular weight is 649 g/mol. The summed E-state index contributed by atoms with van der Waals surface area (Å²) in [4.78, 5) is 2.91. The summed E-state index contributed by atoms with van der Waals surface area (Å²) in [6, 6.07) is 24.3. The van der Waals surface area contributed by atoms with Crippen molar-refractivity contribution >= 4 is 44.8 Å². The number of rotatable bonds is 5. The molecule has 1 aliphatic heterocycles. The van der Waals surface area contributed by atoms with Gasteiger partial charge in [-0.15, -0.1) is 23.1 Å². The van der Waals surface area contributed by atoms with Gasteiger partial charge in [-0.05, 0) is 84.5 Å². The van der Waals surface area contributed by atoms with Crippen LogP contribution >= 0.6 is 23.1 Å². The van der Waals surface area contributed by atoms with E-state index in [9.17, 15) is 0 Å². The number of benzene rings is 3. The highest BCUT2D eigenvalue weighted by atomic mass is 32.2. The van der Waals surface area contributed by atoms with Gasteiger partial charge < -0.3 is 0 Å². The molecule has 0 bridgehead atoms. The van der Waals surface area contributed by atoms with Crippen LogP contribution in [0.3, 0.4) is 0 Å². The van der Waals surface area contributed by atoms with Crippen LogP contribution in [-0.2, 0) is 18.6 Å². The molecule has 1 unspecified atom stereocenters. The lowest BCUT2D eigenvalue weighted by atomic mass is 9.93. The summed E-state index contributed by atoms with van der Waals surface area (Å²) >= 11 is 3.90. The van der Waals surface area contributed by atoms with E-state index in [2.05, 4.69) is 167 Å². The second kappa shape index (κ2) is 15.7. The van der Waals surface area contributed by atoms with Crippen LogP contribution in [0.4, 0.5) is 0 Å². The summed E-state index contributed by atoms with van der Waals surface area (Å²) < 4.78 is 1.39. The molecule has 7 rings (SSSR count). The third-order valence-corrected chi connectivity index (χ3v) is 11.3. The van der Waals surface area contributed by atoms with E-state index in [-0.39, 0.29) is 0 Å². The Hall–Kier alpha value is -4.11. The van der Waals surface area contributed by atoms with Gasteiger partial charge in [-0.25, -0.2) is 0 Å². The Morgan fingerprint density at radius 2 is 1.68 bits per heavy atom. The van der Waals surface area contributed by atoms with Crippen LogP contribution < -0.4 is 0 Å². The number of hydrogen-bond donors (Lipinski definition) is 0. The molecular weight excluding hydrogens is 605 g/mol. The molecule has 3 aromatic carbocycles. The van der Waals surface area contributed by atoms with E-state index in [1.54, 1.807) is 0 Å². The van der Waals surface area contributed by atoms with Gasteiger partial charge in [0.25, 0.3) is 0 Å². The number of hydrogen-bond acceptors (Lipinski definition) is 2. The smallest absolute Gasteiger partial charge is 0.0352 e. The molecule has 47 heavy (non-hydrogen) atoms. The molecule has 236 valence electrons. The van der Waals surface area contributed by atoms with Gasteiger partial charge in [-0.1, -0.05) is 151 Å². The highest BCUT2D eigenvalue weighted by Gasteiger charge is 2.18. The fraction of sp³-hybridized carbons (Fsp3) is 0.200. The zero-order chi connectivity index (χ0) is 32.6. The lowest BCUT2D eigenvalue weighted by Gasteiger charge is -2.12. The van der Waals surface area contributed by atoms with Crippen molar-refractivity contribution in [2.24, 2.45) is 5.92 Å². The first kappa shape index (κ1) is 32.8. The van der Waals surface area contributed by atoms with E-state index >= 15 is 0 Å². The number of thioether (sulfide) groups is 1. The molecule has 0 nitrogen and oxygen atoms in total. The van der Waals surface area contributed by atoms with Crippen LogP contribution in [0.15, 0.2) is 155 Å². The fourth-order valence-electron chi connectivity index (χ4n) is 6.43. The van der Waals surface area contributed by atoms with E-state index in [1.807, 2.05) is 23.1 Å². The summed E-state index contributed by atoms with van der Waals surface area (Å²) in [6.07, 6.45) is 30.0. The van der Waals surface area contributed by atoms with Gasteiger partial charge in [-0.3, -0.25) is 0 Å². The lowest BCUT2D eigenvalue weighted by molar-refractivity contribution is 0.916. The summed E-state index contributed by atoms with van der Waals surface area (Å²) in [7, 11) is 0. The molecule has 0 fully saturated rings. The van der Waals surface area contributed by atoms with Gasteiger partial charge >= 0.3 is 0 Å². The van der Waals surface area contributed by atoms with Crippen LogP contribution in [0.5, 0.6) is 0 Å². The molecule has 0 saturated carbocycles. The van der Waals surface area contributed by atoms with E-state index < -0.39 is 0 Å². The molecule has 1 aromatic heterocycles. The third-order valence-electron chi connectivity index (χ3n) is 8.98. The van der Waals surface area contributed by atoms with Crippen molar-refractivity contribution in [2.45, 2.75) is 57.6 Å². The number of thiophene rings is 1. The molecule has 0 saturated heterocycles. The first-order valence-electron chi connectivity index (χ1n) is 16.7. The van der Waals surface area contributed by atoms with Crippen molar-refractivity contribution in [3.05, 3.63) is 183 Å². The SMILES string of the molecule is CC1=CC=CC(C2=CC=Cc3c(sc4ccccc34)C2)C=C1.CCC=C(C)/C=C\C=C(/C)c1cccc2c1CSc1ccccc1C2. The second-order valence-corrected chi connectivity index (χ2v) is 14.6. The number of fused-ring (bicyclic) bond motifs is 5. The standard InChI is InChI=1S/C24H26S.C21H18S/c1-4-9-18(2)10-7-11-19(3)22-14-8-13-20-16-21-12-5-6-15-24(21)25-17-23(20)22;1-15-6-4-7-16(13-12-15)17-8-5-10-19-18-9-2-3-11-20(18)22-21(19)14-17/h5-15H,4,16-17H2,1-3H3;2-13,16H,14H2,1H3/b10-7-,18-9?,19-11+;. The summed E-state index contributed by atoms with van der Waals surface area (Å²) in [5, 5.41) is 1.39. The van der Waals surface area contributed by atoms with Gasteiger partial charge in [0.2, 0.25) is 0 Å². The minimum Gasteiger partial charge on any atom is -0.139 e. The highest BCUT2D eigenvalue weighted by molar-refractivity contribution is 7.98. The van der Waals surface area contributed by atoms with Crippen molar-refractivity contribution in [1.82, 2.24) is 0 Å². The molecule has 2 heterocycles. The second-order valence-electron chi connectivity index (χ2n) is 12.5. The van der Waals surface area contributed by atoms with Crippen molar-refractivity contribution in [3.63, 3.8) is 0 Å². The van der Waals surface area contributed by atoms with Crippen LogP contribution in [0, 0.1) is 5.92 Å². The topological polar surface area (TPSA) is 0 Å². The zero-order valence-electron chi connectivity index (χ0n) is 28.0. The predicted octanol–water partition coefficient (Wildman–Crippen LogP) is 13.3. The third kappa shape index (κ3) is 8.07. The van der Waals surface area contributed by atoms with Crippen LogP contribution in [0.25, 0.3) is 21.7 Å². The van der Waals surface area contributed by atoms with Gasteiger partial charge in [0.1, 0.15) is 0 Å². The molecule has 0 N–H and O–H groups in total. The maximum Gasteiger partial charge on any atom is 0.0352 e. The molecule has 2 aliphatic carbocycles. The average Bonchev–Trinajstić information content (AvgIpc) is 3.29. The van der Waals surface area contributed by atoms with Gasteiger partial charge in [0.15, 0.2) is 0 Å². The number of allylic oxidation sites excluding steroid dienone is 15. The highest BCUT2D eigenvalue weighted by Crippen LogP contribution is 2.38. The van der Waals surface area contributed by atoms with Crippen LogP contribution in [0.2, 0.25) is 0 Å². The zero-order valence-corrected chi connectivity index (χ0v) is 29.6. The summed E-state index contributed by atoms with van der Waals surface area (Å²) in [5.41, 5.74) is 12.6. The lowest BCUT2D eigenvalue weighted by Crippen LogP contribution is -2.00. The molecular formula is C45H44S2. The first-order chi connectivity index (χ1) is 23.0. The normalized spacial score (nSPS) is 17.5. The predicted molar refractivity (Wildman–Crippen MR) is 210 cm³/mol. The summed E-state index contributed by atoms with van der Waals surface area (Å²) in [6.45, 7) is 8.70. The molecule has 0 spiro atoms. The van der Waals surface area contributed by atoms with Gasteiger partial charge in [-0.2, -0.15) is 0 Å². The van der Waals surface area contributed by atoms with Crippen molar-refractivity contribution < 1.29 is 0 Å². The largest absolute Gasteiger partial charge is 0.139 e. The van der Waals surface area contributed by atoms with E-state index in [0.717, 1.165) is 25.0 Å². The Morgan fingerprint density at radius 1 is 0.851 bits per heavy atom. The molecule has 1 atom stereocenters.